The Hall–Kier alpha value is -2.68. The Morgan fingerprint density at radius 3 is 2.42 bits per heavy atom. The molecule has 5 aromatic rings. The van der Waals surface area contributed by atoms with Crippen LogP contribution in [0.25, 0.3) is 39.0 Å². The summed E-state index contributed by atoms with van der Waals surface area (Å²) >= 11 is 0. The number of hydrogen-bond acceptors (Lipinski definition) is 2. The maximum absolute atomic E-state index is 6.42. The molecule has 0 aliphatic carbocycles. The Balaban J connectivity index is 0.00000231. The summed E-state index contributed by atoms with van der Waals surface area (Å²) in [6.07, 6.45) is 3.92. The zero-order valence-corrected chi connectivity index (χ0v) is 20.5. The number of hydrogen-bond donors (Lipinski definition) is 0. The second-order valence-corrected chi connectivity index (χ2v) is 8.41. The number of furan rings is 1. The van der Waals surface area contributed by atoms with Gasteiger partial charge < -0.3 is 8.98 Å². The van der Waals surface area contributed by atoms with Gasteiger partial charge in [-0.05, 0) is 29.5 Å². The molecule has 0 bridgehead atoms. The van der Waals surface area contributed by atoms with Crippen molar-refractivity contribution in [1.29, 1.82) is 0 Å². The molecule has 0 saturated heterocycles. The largest absolute Gasteiger partial charge is 0.456 e. The third kappa shape index (κ3) is 3.54. The molecule has 5 rings (SSSR count). The summed E-state index contributed by atoms with van der Waals surface area (Å²) in [6, 6.07) is 22.0. The van der Waals surface area contributed by atoms with Crippen molar-refractivity contribution < 1.29 is 24.5 Å². The van der Waals surface area contributed by atoms with Crippen LogP contribution < -0.4 is 0 Å². The van der Waals surface area contributed by atoms with Gasteiger partial charge in [0.05, 0.1) is 5.82 Å². The van der Waals surface area contributed by atoms with E-state index in [0.717, 1.165) is 22.6 Å². The molecule has 0 aliphatic rings. The van der Waals surface area contributed by atoms with Crippen LogP contribution >= 0.6 is 0 Å². The smallest absolute Gasteiger partial charge is 0.140 e. The van der Waals surface area contributed by atoms with E-state index in [2.05, 4.69) is 79.8 Å². The first-order chi connectivity index (χ1) is 14.6. The predicted octanol–water partition coefficient (Wildman–Crippen LogP) is 7.48. The molecule has 2 aromatic heterocycles. The summed E-state index contributed by atoms with van der Waals surface area (Å²) in [7, 11) is 0. The molecule has 0 fully saturated rings. The minimum Gasteiger partial charge on any atom is -0.456 e. The van der Waals surface area contributed by atoms with Crippen molar-refractivity contribution >= 4 is 21.9 Å². The van der Waals surface area contributed by atoms with Gasteiger partial charge in [0.25, 0.3) is 0 Å². The van der Waals surface area contributed by atoms with E-state index in [1.165, 1.54) is 27.6 Å². The number of rotatable bonds is 4. The summed E-state index contributed by atoms with van der Waals surface area (Å²) < 4.78 is 8.63. The standard InChI is InChI=1S/C27H25N2O.Ir/c1-17(2)21-16-22-20-12-8-9-13-23(20)30-26(22)24(18(3)4)25(21)29-15-14-28-27(29)19-10-6-5-7-11-19;/h5-10,12-18H,1-4H3;/q-1;. The molecule has 159 valence electrons. The predicted molar refractivity (Wildman–Crippen MR) is 123 cm³/mol. The van der Waals surface area contributed by atoms with Crippen LogP contribution in [0.2, 0.25) is 0 Å². The first-order valence-electron chi connectivity index (χ1n) is 10.5. The molecule has 3 nitrogen and oxygen atoms in total. The van der Waals surface area contributed by atoms with Crippen LogP contribution in [0.1, 0.15) is 50.7 Å². The number of nitrogens with zero attached hydrogens (tertiary/aromatic N) is 2. The molecule has 0 N–H and O–H groups in total. The van der Waals surface area contributed by atoms with E-state index in [1.54, 1.807) is 0 Å². The van der Waals surface area contributed by atoms with Crippen LogP contribution in [0.5, 0.6) is 0 Å². The third-order valence-corrected chi connectivity index (χ3v) is 5.74. The Kier molecular flexibility index (Phi) is 5.87. The normalized spacial score (nSPS) is 11.5. The molecule has 0 amide bonds. The van der Waals surface area contributed by atoms with E-state index in [-0.39, 0.29) is 26.0 Å². The molecular formula is C27H25IrN2O-. The number of aromatic nitrogens is 2. The Morgan fingerprint density at radius 2 is 1.71 bits per heavy atom. The van der Waals surface area contributed by atoms with Gasteiger partial charge in [0, 0.05) is 54.5 Å². The van der Waals surface area contributed by atoms with Gasteiger partial charge >= 0.3 is 0 Å². The summed E-state index contributed by atoms with van der Waals surface area (Å²) in [4.78, 5) is 4.69. The maximum atomic E-state index is 6.42. The molecule has 0 atom stereocenters. The fourth-order valence-electron chi connectivity index (χ4n) is 4.36. The second kappa shape index (κ2) is 8.45. The summed E-state index contributed by atoms with van der Waals surface area (Å²) in [5.74, 6) is 1.54. The van der Waals surface area contributed by atoms with Crippen LogP contribution in [-0.2, 0) is 20.1 Å². The van der Waals surface area contributed by atoms with Gasteiger partial charge in [0.15, 0.2) is 0 Å². The molecule has 3 aromatic carbocycles. The second-order valence-electron chi connectivity index (χ2n) is 8.41. The number of benzene rings is 3. The van der Waals surface area contributed by atoms with E-state index < -0.39 is 0 Å². The summed E-state index contributed by atoms with van der Waals surface area (Å²) in [5, 5.41) is 2.36. The molecular weight excluding hydrogens is 561 g/mol. The van der Waals surface area contributed by atoms with Crippen LogP contribution in [0.3, 0.4) is 0 Å². The van der Waals surface area contributed by atoms with Crippen molar-refractivity contribution in [2.24, 2.45) is 0 Å². The fraction of sp³-hybridized carbons (Fsp3) is 0.222. The first kappa shape index (κ1) is 21.5. The summed E-state index contributed by atoms with van der Waals surface area (Å²) in [6.45, 7) is 8.98. The van der Waals surface area contributed by atoms with Crippen molar-refractivity contribution in [3.63, 3.8) is 0 Å². The van der Waals surface area contributed by atoms with Gasteiger partial charge in [-0.3, -0.25) is 4.98 Å². The monoisotopic (exact) mass is 586 g/mol. The minimum absolute atomic E-state index is 0. The van der Waals surface area contributed by atoms with Gasteiger partial charge in [0.2, 0.25) is 0 Å². The molecule has 0 spiro atoms. The average Bonchev–Trinajstić information content (AvgIpc) is 3.37. The van der Waals surface area contributed by atoms with E-state index in [9.17, 15) is 0 Å². The quantitative estimate of drug-likeness (QED) is 0.205. The topological polar surface area (TPSA) is 31.0 Å². The van der Waals surface area contributed by atoms with Gasteiger partial charge in [0.1, 0.15) is 11.2 Å². The van der Waals surface area contributed by atoms with Gasteiger partial charge in [-0.1, -0.05) is 45.9 Å². The minimum atomic E-state index is 0. The Labute approximate surface area is 196 Å². The van der Waals surface area contributed by atoms with Gasteiger partial charge in [-0.2, -0.15) is 0 Å². The molecule has 0 unspecified atom stereocenters. The number of fused-ring (bicyclic) bond motifs is 3. The molecule has 4 heteroatoms. The van der Waals surface area contributed by atoms with Crippen molar-refractivity contribution in [2.45, 2.75) is 39.5 Å². The van der Waals surface area contributed by atoms with Crippen molar-refractivity contribution in [3.8, 4) is 17.1 Å². The molecule has 0 aliphatic heterocycles. The molecule has 2 heterocycles. The van der Waals surface area contributed by atoms with Gasteiger partial charge in [-0.15, -0.1) is 35.9 Å². The van der Waals surface area contributed by atoms with Crippen LogP contribution in [0.4, 0.5) is 0 Å². The average molecular weight is 586 g/mol. The van der Waals surface area contributed by atoms with E-state index in [0.29, 0.717) is 5.92 Å². The van der Waals surface area contributed by atoms with E-state index in [1.807, 2.05) is 30.5 Å². The maximum Gasteiger partial charge on any atom is 0.140 e. The Bertz CT molecular complexity index is 1350. The van der Waals surface area contributed by atoms with Crippen molar-refractivity contribution in [1.82, 2.24) is 9.55 Å². The van der Waals surface area contributed by atoms with Crippen molar-refractivity contribution in [2.75, 3.05) is 0 Å². The summed E-state index contributed by atoms with van der Waals surface area (Å²) in [5.41, 5.74) is 6.59. The third-order valence-electron chi connectivity index (χ3n) is 5.74. The van der Waals surface area contributed by atoms with Crippen molar-refractivity contribution in [3.05, 3.63) is 84.2 Å². The van der Waals surface area contributed by atoms with Crippen LogP contribution in [0, 0.1) is 6.07 Å². The van der Waals surface area contributed by atoms with Crippen LogP contribution in [0.15, 0.2) is 71.4 Å². The van der Waals surface area contributed by atoms with Crippen LogP contribution in [-0.4, -0.2) is 9.55 Å². The van der Waals surface area contributed by atoms with E-state index in [4.69, 9.17) is 4.42 Å². The number of imidazole rings is 1. The molecule has 31 heavy (non-hydrogen) atoms. The van der Waals surface area contributed by atoms with Gasteiger partial charge in [-0.25, -0.2) is 0 Å². The SMILES string of the molecule is CC(C)c1cc2c(oc3ccccc32)c(C(C)C)c1-n1ccnc1-c1[c-]cccc1.[Ir]. The number of para-hydroxylation sites is 1. The molecule has 0 saturated carbocycles. The first-order valence-corrected chi connectivity index (χ1v) is 10.5. The molecule has 1 radical (unpaired) electrons. The van der Waals surface area contributed by atoms with E-state index >= 15 is 0 Å². The zero-order chi connectivity index (χ0) is 20.8. The Morgan fingerprint density at radius 1 is 0.935 bits per heavy atom. The zero-order valence-electron chi connectivity index (χ0n) is 18.1. The fourth-order valence-corrected chi connectivity index (χ4v) is 4.36.